The predicted molar refractivity (Wildman–Crippen MR) is 274 cm³/mol. The summed E-state index contributed by atoms with van der Waals surface area (Å²) in [5, 5.41) is 7.48. The summed E-state index contributed by atoms with van der Waals surface area (Å²) >= 11 is 0. The van der Waals surface area contributed by atoms with E-state index >= 15 is 0 Å². The summed E-state index contributed by atoms with van der Waals surface area (Å²) < 4.78 is 2.44. The summed E-state index contributed by atoms with van der Waals surface area (Å²) in [6, 6.07) is 85.3. The van der Waals surface area contributed by atoms with E-state index in [4.69, 9.17) is 0 Å². The third-order valence-corrected chi connectivity index (χ3v) is 14.1. The third kappa shape index (κ3) is 5.74. The number of anilines is 3. The summed E-state index contributed by atoms with van der Waals surface area (Å²) in [6.07, 6.45) is 6.79. The lowest BCUT2D eigenvalue weighted by Crippen LogP contribution is -2.30. The van der Waals surface area contributed by atoms with E-state index in [1.54, 1.807) is 0 Å². The molecule has 10 aromatic carbocycles. The monoisotopic (exact) mass is 828 g/mol. The number of allylic oxidation sites excluding steroid dienone is 4. The van der Waals surface area contributed by atoms with Crippen LogP contribution >= 0.6 is 0 Å². The van der Waals surface area contributed by atoms with Gasteiger partial charge >= 0.3 is 0 Å². The molecule has 1 heterocycles. The average molecular weight is 829 g/mol. The van der Waals surface area contributed by atoms with Crippen molar-refractivity contribution in [1.82, 2.24) is 4.57 Å². The van der Waals surface area contributed by atoms with Gasteiger partial charge in [-0.1, -0.05) is 194 Å². The summed E-state index contributed by atoms with van der Waals surface area (Å²) in [6.45, 7) is 0. The Morgan fingerprint density at radius 2 is 1.05 bits per heavy atom. The Morgan fingerprint density at radius 3 is 1.78 bits per heavy atom. The van der Waals surface area contributed by atoms with Crippen LogP contribution < -0.4 is 4.90 Å². The Balaban J connectivity index is 0.946. The summed E-state index contributed by atoms with van der Waals surface area (Å²) in [4.78, 5) is 2.47. The zero-order chi connectivity index (χ0) is 42.9. The van der Waals surface area contributed by atoms with E-state index in [2.05, 4.69) is 252 Å². The second-order valence-electron chi connectivity index (χ2n) is 17.5. The fraction of sp³-hybridized carbons (Fsp3) is 0.0476. The summed E-state index contributed by atoms with van der Waals surface area (Å²) in [5.74, 6) is 0. The highest BCUT2D eigenvalue weighted by Gasteiger charge is 2.47. The molecule has 0 fully saturated rings. The second-order valence-corrected chi connectivity index (χ2v) is 17.5. The molecule has 0 amide bonds. The molecule has 2 nitrogen and oxygen atoms in total. The molecular weight excluding hydrogens is 785 g/mol. The van der Waals surface area contributed by atoms with Crippen LogP contribution in [0.4, 0.5) is 17.1 Å². The smallest absolute Gasteiger partial charge is 0.0677 e. The van der Waals surface area contributed by atoms with Crippen molar-refractivity contribution in [3.8, 4) is 16.8 Å². The first kappa shape index (κ1) is 37.4. The first-order valence-corrected chi connectivity index (χ1v) is 22.8. The van der Waals surface area contributed by atoms with Gasteiger partial charge in [0.15, 0.2) is 0 Å². The Hall–Kier alpha value is -8.20. The van der Waals surface area contributed by atoms with Gasteiger partial charge in [0.1, 0.15) is 0 Å². The van der Waals surface area contributed by atoms with E-state index in [9.17, 15) is 0 Å². The Labute approximate surface area is 379 Å². The lowest BCUT2D eigenvalue weighted by atomic mass is 9.65. The van der Waals surface area contributed by atoms with Crippen molar-refractivity contribution in [2.45, 2.75) is 18.3 Å². The molecule has 2 aliphatic carbocycles. The molecule has 0 aliphatic heterocycles. The number of para-hydroxylation sites is 1. The standard InChI is InChI=1S/C63H44N2/c1-3-19-47(20-4-1)63(48-21-5-2-6-22-48)58-27-13-11-25-54(58)55-41-39-51(42-59(55)63)64(60-29-15-18-45-16-7-9-23-52(45)60)49-35-30-43(31-36-49)44-32-37-50(38-33-44)65-61-28-14-12-26-56(61)57-40-34-46-17-8-10-24-53(46)62(57)65/h1-12,14-26,28-42H,13,27H2. The zero-order valence-electron chi connectivity index (χ0n) is 35.9. The minimum Gasteiger partial charge on any atom is -0.310 e. The van der Waals surface area contributed by atoms with Crippen LogP contribution in [0.15, 0.2) is 248 Å². The number of rotatable bonds is 7. The number of fused-ring (bicyclic) bond motifs is 8. The first-order chi connectivity index (χ1) is 32.3. The Kier molecular flexibility index (Phi) is 8.60. The van der Waals surface area contributed by atoms with Gasteiger partial charge in [-0.25, -0.2) is 0 Å². The van der Waals surface area contributed by atoms with Crippen molar-refractivity contribution in [3.05, 3.63) is 271 Å². The highest BCUT2D eigenvalue weighted by Crippen LogP contribution is 2.58. The quantitative estimate of drug-likeness (QED) is 0.155. The van der Waals surface area contributed by atoms with Gasteiger partial charge in [-0.05, 0) is 117 Å². The van der Waals surface area contributed by atoms with Crippen molar-refractivity contribution in [3.63, 3.8) is 0 Å². The summed E-state index contributed by atoms with van der Waals surface area (Å²) in [7, 11) is 0. The molecule has 2 aliphatic rings. The van der Waals surface area contributed by atoms with Crippen LogP contribution in [0, 0.1) is 0 Å². The molecule has 0 saturated heterocycles. The SMILES string of the molecule is C1=CC2=C(CC1)C(c1ccccc1)(c1ccccc1)c1cc(N(c3ccc(-c4ccc(-n5c6ccccc6c6ccc7ccccc7c65)cc4)cc3)c3cccc4ccccc34)ccc12. The lowest BCUT2D eigenvalue weighted by Gasteiger charge is -2.37. The fourth-order valence-corrected chi connectivity index (χ4v) is 11.3. The number of hydrogen-bond acceptors (Lipinski definition) is 1. The van der Waals surface area contributed by atoms with E-state index in [-0.39, 0.29) is 0 Å². The maximum Gasteiger partial charge on any atom is 0.0677 e. The molecule has 0 radical (unpaired) electrons. The van der Waals surface area contributed by atoms with E-state index in [0.717, 1.165) is 35.6 Å². The van der Waals surface area contributed by atoms with Gasteiger partial charge < -0.3 is 9.47 Å². The van der Waals surface area contributed by atoms with Gasteiger partial charge in [0.05, 0.1) is 22.1 Å². The number of nitrogens with zero attached hydrogens (tertiary/aromatic N) is 2. The van der Waals surface area contributed by atoms with Gasteiger partial charge in [-0.3, -0.25) is 0 Å². The van der Waals surface area contributed by atoms with E-state index < -0.39 is 5.41 Å². The molecule has 11 aromatic rings. The fourth-order valence-electron chi connectivity index (χ4n) is 11.3. The maximum atomic E-state index is 2.49. The largest absolute Gasteiger partial charge is 0.310 e. The van der Waals surface area contributed by atoms with Crippen molar-refractivity contribution in [1.29, 1.82) is 0 Å². The van der Waals surface area contributed by atoms with Crippen molar-refractivity contribution in [2.24, 2.45) is 0 Å². The average Bonchev–Trinajstić information content (AvgIpc) is 3.88. The molecule has 0 spiro atoms. The topological polar surface area (TPSA) is 8.17 Å². The molecule has 0 saturated carbocycles. The van der Waals surface area contributed by atoms with Crippen LogP contribution in [0.3, 0.4) is 0 Å². The molecule has 0 N–H and O–H groups in total. The molecule has 0 atom stereocenters. The minimum atomic E-state index is -0.416. The second kappa shape index (κ2) is 15.0. The van der Waals surface area contributed by atoms with Crippen LogP contribution in [0.1, 0.15) is 35.1 Å². The molecule has 1 aromatic heterocycles. The van der Waals surface area contributed by atoms with Gasteiger partial charge in [-0.15, -0.1) is 0 Å². The lowest BCUT2D eigenvalue weighted by molar-refractivity contribution is 0.696. The van der Waals surface area contributed by atoms with Gasteiger partial charge in [-0.2, -0.15) is 0 Å². The van der Waals surface area contributed by atoms with E-state index in [1.165, 1.54) is 87.9 Å². The number of benzene rings is 10. The zero-order valence-corrected chi connectivity index (χ0v) is 35.9. The van der Waals surface area contributed by atoms with E-state index in [1.807, 2.05) is 0 Å². The van der Waals surface area contributed by atoms with Crippen molar-refractivity contribution < 1.29 is 0 Å². The Bertz CT molecular complexity index is 3640. The molecule has 306 valence electrons. The molecule has 0 bridgehead atoms. The van der Waals surface area contributed by atoms with Crippen LogP contribution in [-0.2, 0) is 5.41 Å². The predicted octanol–water partition coefficient (Wildman–Crippen LogP) is 16.7. The van der Waals surface area contributed by atoms with Gasteiger partial charge in [0.25, 0.3) is 0 Å². The van der Waals surface area contributed by atoms with Crippen LogP contribution in [0.5, 0.6) is 0 Å². The highest BCUT2D eigenvalue weighted by atomic mass is 15.1. The van der Waals surface area contributed by atoms with Gasteiger partial charge in [0.2, 0.25) is 0 Å². The van der Waals surface area contributed by atoms with Crippen molar-refractivity contribution >= 4 is 66.0 Å². The minimum absolute atomic E-state index is 0.416. The molecular formula is C63H44N2. The van der Waals surface area contributed by atoms with Crippen LogP contribution in [-0.4, -0.2) is 4.57 Å². The molecule has 0 unspecified atom stereocenters. The Morgan fingerprint density at radius 1 is 0.446 bits per heavy atom. The van der Waals surface area contributed by atoms with E-state index in [0.29, 0.717) is 0 Å². The normalized spacial score (nSPS) is 14.0. The third-order valence-electron chi connectivity index (χ3n) is 14.1. The molecule has 65 heavy (non-hydrogen) atoms. The molecule has 2 heteroatoms. The summed E-state index contributed by atoms with van der Waals surface area (Å²) in [5.41, 5.74) is 17.1. The highest BCUT2D eigenvalue weighted by molar-refractivity contribution is 6.18. The maximum absolute atomic E-state index is 2.49. The molecule has 13 rings (SSSR count). The van der Waals surface area contributed by atoms with Crippen LogP contribution in [0.25, 0.3) is 65.7 Å². The van der Waals surface area contributed by atoms with Gasteiger partial charge in [0, 0.05) is 38.6 Å². The van der Waals surface area contributed by atoms with Crippen LogP contribution in [0.2, 0.25) is 0 Å². The van der Waals surface area contributed by atoms with Crippen molar-refractivity contribution in [2.75, 3.05) is 4.90 Å². The number of hydrogen-bond donors (Lipinski definition) is 0. The number of aromatic nitrogens is 1. The first-order valence-electron chi connectivity index (χ1n) is 22.8.